The summed E-state index contributed by atoms with van der Waals surface area (Å²) in [6.07, 6.45) is 0. The normalized spacial score (nSPS) is 10.6. The number of rotatable bonds is 6. The fourth-order valence-corrected chi connectivity index (χ4v) is 4.27. The van der Waals surface area contributed by atoms with Gasteiger partial charge < -0.3 is 15.5 Å². The lowest BCUT2D eigenvalue weighted by Crippen LogP contribution is -2.17. The minimum atomic E-state index is 0.746. The molecule has 0 amide bonds. The first-order chi connectivity index (χ1) is 16.7. The van der Waals surface area contributed by atoms with Gasteiger partial charge in [0.2, 0.25) is 0 Å². The van der Waals surface area contributed by atoms with E-state index >= 15 is 0 Å². The number of aryl methyl sites for hydroxylation is 1. The van der Waals surface area contributed by atoms with Gasteiger partial charge in [-0.25, -0.2) is 0 Å². The number of hydrogen-bond donors (Lipinski definition) is 1. The fraction of sp³-hybridized carbons (Fsp3) is 0.0323. The lowest BCUT2D eigenvalue weighted by atomic mass is 10.1. The molecule has 0 bridgehead atoms. The molecular formula is C31H27N3. The Morgan fingerprint density at radius 1 is 0.412 bits per heavy atom. The molecule has 0 saturated heterocycles. The second-order valence-corrected chi connectivity index (χ2v) is 8.21. The van der Waals surface area contributed by atoms with Crippen LogP contribution in [-0.4, -0.2) is 0 Å². The molecule has 0 unspecified atom stereocenters. The maximum Gasteiger partial charge on any atom is 0.0702 e. The van der Waals surface area contributed by atoms with Crippen LogP contribution in [0.3, 0.4) is 0 Å². The molecule has 166 valence electrons. The Bertz CT molecular complexity index is 1360. The van der Waals surface area contributed by atoms with Gasteiger partial charge in [0.15, 0.2) is 0 Å². The highest BCUT2D eigenvalue weighted by Crippen LogP contribution is 2.45. The molecule has 0 spiro atoms. The minimum Gasteiger partial charge on any atom is -0.399 e. The van der Waals surface area contributed by atoms with Crippen molar-refractivity contribution in [3.05, 3.63) is 139 Å². The van der Waals surface area contributed by atoms with Crippen molar-refractivity contribution in [1.82, 2.24) is 0 Å². The largest absolute Gasteiger partial charge is 0.399 e. The predicted octanol–water partition coefficient (Wildman–Crippen LogP) is 8.52. The monoisotopic (exact) mass is 441 g/mol. The smallest absolute Gasteiger partial charge is 0.0702 e. The number of nitrogen functional groups attached to an aromatic ring is 1. The van der Waals surface area contributed by atoms with E-state index in [1.54, 1.807) is 0 Å². The number of nitrogens with two attached hydrogens (primary N) is 1. The summed E-state index contributed by atoms with van der Waals surface area (Å²) >= 11 is 0. The summed E-state index contributed by atoms with van der Waals surface area (Å²) in [5.74, 6) is 0. The number of anilines is 7. The van der Waals surface area contributed by atoms with E-state index < -0.39 is 0 Å². The first kappa shape index (κ1) is 21.4. The predicted molar refractivity (Wildman–Crippen MR) is 145 cm³/mol. The number of hydrogen-bond acceptors (Lipinski definition) is 3. The van der Waals surface area contributed by atoms with Crippen LogP contribution in [0.15, 0.2) is 133 Å². The molecule has 0 heterocycles. The summed E-state index contributed by atoms with van der Waals surface area (Å²) in [5, 5.41) is 0. The number of para-hydroxylation sites is 5. The van der Waals surface area contributed by atoms with Crippen LogP contribution >= 0.6 is 0 Å². The van der Waals surface area contributed by atoms with Crippen molar-refractivity contribution in [1.29, 1.82) is 0 Å². The third-order valence-corrected chi connectivity index (χ3v) is 5.90. The van der Waals surface area contributed by atoms with Crippen LogP contribution in [0.5, 0.6) is 0 Å². The average molecular weight is 442 g/mol. The first-order valence-corrected chi connectivity index (χ1v) is 11.4. The Labute approximate surface area is 201 Å². The van der Waals surface area contributed by atoms with Crippen molar-refractivity contribution in [2.75, 3.05) is 15.5 Å². The number of benzene rings is 5. The second-order valence-electron chi connectivity index (χ2n) is 8.21. The Kier molecular flexibility index (Phi) is 6.00. The van der Waals surface area contributed by atoms with Crippen molar-refractivity contribution in [3.8, 4) is 0 Å². The zero-order valence-corrected chi connectivity index (χ0v) is 19.2. The lowest BCUT2D eigenvalue weighted by molar-refractivity contribution is 1.21. The molecular weight excluding hydrogens is 414 g/mol. The van der Waals surface area contributed by atoms with Crippen molar-refractivity contribution in [2.45, 2.75) is 6.92 Å². The van der Waals surface area contributed by atoms with Crippen LogP contribution in [0.4, 0.5) is 39.8 Å². The maximum absolute atomic E-state index is 6.02. The molecule has 0 atom stereocenters. The van der Waals surface area contributed by atoms with Crippen LogP contribution in [-0.2, 0) is 0 Å². The van der Waals surface area contributed by atoms with Gasteiger partial charge in [0.05, 0.1) is 11.4 Å². The molecule has 0 aliphatic rings. The molecule has 0 aromatic heterocycles. The molecule has 2 N–H and O–H groups in total. The summed E-state index contributed by atoms with van der Waals surface area (Å²) in [7, 11) is 0. The maximum atomic E-state index is 6.02. The van der Waals surface area contributed by atoms with Crippen LogP contribution < -0.4 is 15.5 Å². The molecule has 5 aromatic rings. The van der Waals surface area contributed by atoms with Crippen LogP contribution in [0.25, 0.3) is 0 Å². The Hall–Kier alpha value is -4.50. The van der Waals surface area contributed by atoms with Crippen molar-refractivity contribution >= 4 is 39.8 Å². The molecule has 0 radical (unpaired) electrons. The highest BCUT2D eigenvalue weighted by atomic mass is 15.2. The van der Waals surface area contributed by atoms with Crippen LogP contribution in [0.2, 0.25) is 0 Å². The summed E-state index contributed by atoms with van der Waals surface area (Å²) in [5.41, 5.74) is 14.5. The second kappa shape index (κ2) is 9.55. The van der Waals surface area contributed by atoms with Crippen molar-refractivity contribution in [3.63, 3.8) is 0 Å². The fourth-order valence-electron chi connectivity index (χ4n) is 4.27. The van der Waals surface area contributed by atoms with Gasteiger partial charge in [-0.3, -0.25) is 0 Å². The Balaban J connectivity index is 1.76. The SMILES string of the molecule is Cc1ccccc1N(c1ccccc1)c1ccccc1N(c1ccccc1)c1ccc(N)cc1. The van der Waals surface area contributed by atoms with Gasteiger partial charge in [0.1, 0.15) is 0 Å². The zero-order chi connectivity index (χ0) is 23.3. The summed E-state index contributed by atoms with van der Waals surface area (Å²) in [6, 6.07) is 46.0. The van der Waals surface area contributed by atoms with Gasteiger partial charge >= 0.3 is 0 Å². The minimum absolute atomic E-state index is 0.746. The highest BCUT2D eigenvalue weighted by Gasteiger charge is 2.22. The van der Waals surface area contributed by atoms with Gasteiger partial charge in [-0.05, 0) is 79.2 Å². The third-order valence-electron chi connectivity index (χ3n) is 5.90. The summed E-state index contributed by atoms with van der Waals surface area (Å²) in [6.45, 7) is 2.16. The molecule has 0 aliphatic carbocycles. The average Bonchev–Trinajstić information content (AvgIpc) is 2.89. The van der Waals surface area contributed by atoms with Crippen molar-refractivity contribution in [2.24, 2.45) is 0 Å². The Morgan fingerprint density at radius 2 is 0.824 bits per heavy atom. The molecule has 5 aromatic carbocycles. The molecule has 0 saturated carbocycles. The van der Waals surface area contributed by atoms with Gasteiger partial charge in [0.25, 0.3) is 0 Å². The molecule has 0 fully saturated rings. The van der Waals surface area contributed by atoms with E-state index in [2.05, 4.69) is 132 Å². The summed E-state index contributed by atoms with van der Waals surface area (Å²) in [4.78, 5) is 4.61. The Morgan fingerprint density at radius 3 is 1.38 bits per heavy atom. The molecule has 0 aliphatic heterocycles. The zero-order valence-electron chi connectivity index (χ0n) is 19.2. The van der Waals surface area contributed by atoms with E-state index in [1.807, 2.05) is 18.2 Å². The van der Waals surface area contributed by atoms with Crippen LogP contribution in [0.1, 0.15) is 5.56 Å². The quantitative estimate of drug-likeness (QED) is 0.268. The standard InChI is InChI=1S/C31H27N3/c1-24-12-8-9-17-29(24)34(27-15-6-3-7-16-27)31-19-11-10-18-30(31)33(26-13-4-2-5-14-26)28-22-20-25(32)21-23-28/h2-23H,32H2,1H3. The molecule has 5 rings (SSSR count). The van der Waals surface area contributed by atoms with Gasteiger partial charge in [-0.1, -0.05) is 66.7 Å². The van der Waals surface area contributed by atoms with Gasteiger partial charge in [-0.2, -0.15) is 0 Å². The van der Waals surface area contributed by atoms with Crippen LogP contribution in [0, 0.1) is 6.92 Å². The third kappa shape index (κ3) is 4.24. The van der Waals surface area contributed by atoms with Gasteiger partial charge in [-0.15, -0.1) is 0 Å². The topological polar surface area (TPSA) is 32.5 Å². The van der Waals surface area contributed by atoms with E-state index in [9.17, 15) is 0 Å². The van der Waals surface area contributed by atoms with Crippen molar-refractivity contribution < 1.29 is 0 Å². The first-order valence-electron chi connectivity index (χ1n) is 11.4. The van der Waals surface area contributed by atoms with E-state index in [-0.39, 0.29) is 0 Å². The molecule has 3 nitrogen and oxygen atoms in total. The number of nitrogens with zero attached hydrogens (tertiary/aromatic N) is 2. The van der Waals surface area contributed by atoms with E-state index in [0.717, 1.165) is 39.8 Å². The van der Waals surface area contributed by atoms with E-state index in [1.165, 1.54) is 5.56 Å². The van der Waals surface area contributed by atoms with Gasteiger partial charge in [0, 0.05) is 28.4 Å². The molecule has 3 heteroatoms. The summed E-state index contributed by atoms with van der Waals surface area (Å²) < 4.78 is 0. The highest BCUT2D eigenvalue weighted by molar-refractivity contribution is 5.91. The van der Waals surface area contributed by atoms with E-state index in [0.29, 0.717) is 0 Å². The lowest BCUT2D eigenvalue weighted by Gasteiger charge is -2.33. The molecule has 34 heavy (non-hydrogen) atoms. The van der Waals surface area contributed by atoms with E-state index in [4.69, 9.17) is 5.73 Å².